The maximum atomic E-state index is 13.1. The molecule has 0 unspecified atom stereocenters. The average molecular weight is 433 g/mol. The van der Waals surface area contributed by atoms with E-state index < -0.39 is 0 Å². The lowest BCUT2D eigenvalue weighted by Crippen LogP contribution is -2.07. The number of aliphatic hydroxyl groups is 1. The zero-order valence-corrected chi connectivity index (χ0v) is 17.2. The highest BCUT2D eigenvalue weighted by molar-refractivity contribution is 6.02. The van der Waals surface area contributed by atoms with E-state index in [4.69, 9.17) is 13.6 Å². The number of hydrogen-bond acceptors (Lipinski definition) is 5. The Morgan fingerprint density at radius 3 is 2.53 bits per heavy atom. The summed E-state index contributed by atoms with van der Waals surface area (Å²) >= 11 is 0. The molecular weight excluding hydrogens is 413 g/mol. The first-order valence-corrected chi connectivity index (χ1v) is 9.78. The van der Waals surface area contributed by atoms with Gasteiger partial charge in [-0.25, -0.2) is 4.39 Å². The van der Waals surface area contributed by atoms with Crippen LogP contribution in [-0.2, 0) is 11.4 Å². The second-order valence-electron chi connectivity index (χ2n) is 6.87. The Balaban J connectivity index is 1.46. The number of benzene rings is 2. The normalized spacial score (nSPS) is 11.1. The van der Waals surface area contributed by atoms with Gasteiger partial charge in [-0.15, -0.1) is 0 Å². The van der Waals surface area contributed by atoms with Crippen molar-refractivity contribution in [2.45, 2.75) is 6.61 Å². The maximum Gasteiger partial charge on any atom is 0.248 e. The number of hydrogen-bond donors (Lipinski definition) is 2. The second-order valence-corrected chi connectivity index (χ2v) is 6.87. The number of anilines is 1. The number of rotatable bonds is 7. The summed E-state index contributed by atoms with van der Waals surface area (Å²) in [4.78, 5) is 12.4. The topological polar surface area (TPSA) is 84.8 Å². The molecule has 0 aliphatic carbocycles. The first kappa shape index (κ1) is 21.1. The van der Waals surface area contributed by atoms with E-state index in [1.165, 1.54) is 18.2 Å². The molecule has 32 heavy (non-hydrogen) atoms. The Morgan fingerprint density at radius 1 is 1.03 bits per heavy atom. The third-order valence-electron chi connectivity index (χ3n) is 4.70. The molecule has 1 amide bonds. The molecule has 0 aliphatic heterocycles. The summed E-state index contributed by atoms with van der Waals surface area (Å²) in [6.07, 6.45) is 2.90. The van der Waals surface area contributed by atoms with Crippen LogP contribution >= 0.6 is 0 Å². The summed E-state index contributed by atoms with van der Waals surface area (Å²) in [5.74, 6) is 1.91. The highest BCUT2D eigenvalue weighted by Gasteiger charge is 2.12. The first-order valence-electron chi connectivity index (χ1n) is 9.78. The Bertz CT molecular complexity index is 1250. The van der Waals surface area contributed by atoms with Crippen molar-refractivity contribution in [3.8, 4) is 28.4 Å². The van der Waals surface area contributed by atoms with Gasteiger partial charge in [0.15, 0.2) is 0 Å². The molecule has 162 valence electrons. The molecule has 0 atom stereocenters. The zero-order chi connectivity index (χ0) is 22.5. The van der Waals surface area contributed by atoms with Crippen LogP contribution in [0.4, 0.5) is 10.1 Å². The number of halogens is 1. The van der Waals surface area contributed by atoms with Crippen molar-refractivity contribution in [3.05, 3.63) is 90.1 Å². The van der Waals surface area contributed by atoms with Crippen LogP contribution in [0.15, 0.2) is 81.6 Å². The van der Waals surface area contributed by atoms with Crippen molar-refractivity contribution in [1.82, 2.24) is 0 Å². The molecule has 2 N–H and O–H groups in total. The highest BCUT2D eigenvalue weighted by Crippen LogP contribution is 2.34. The predicted molar refractivity (Wildman–Crippen MR) is 118 cm³/mol. The molecule has 2 aromatic carbocycles. The average Bonchev–Trinajstić information content (AvgIpc) is 3.48. The molecule has 4 aromatic rings. The van der Waals surface area contributed by atoms with Crippen molar-refractivity contribution in [2.75, 3.05) is 12.4 Å². The largest absolute Gasteiger partial charge is 0.496 e. The van der Waals surface area contributed by atoms with E-state index in [-0.39, 0.29) is 18.3 Å². The van der Waals surface area contributed by atoms with E-state index in [1.807, 2.05) is 0 Å². The first-order chi connectivity index (χ1) is 15.6. The van der Waals surface area contributed by atoms with E-state index in [9.17, 15) is 14.3 Å². The number of aliphatic hydroxyl groups excluding tert-OH is 1. The lowest BCUT2D eigenvalue weighted by Gasteiger charge is -2.09. The standard InChI is InChI=1S/C25H20FNO5/c1-30-23-10-6-18(14-21(23)24-12-8-20(15-28)32-24)27-25(29)13-9-19-7-11-22(31-19)16-2-4-17(26)5-3-16/h2-14,28H,15H2,1H3,(H,27,29)/b13-9+. The minimum Gasteiger partial charge on any atom is -0.496 e. The van der Waals surface area contributed by atoms with Gasteiger partial charge in [0.05, 0.1) is 12.7 Å². The summed E-state index contributed by atoms with van der Waals surface area (Å²) in [6, 6.07) is 18.0. The number of furan rings is 2. The monoisotopic (exact) mass is 433 g/mol. The summed E-state index contributed by atoms with van der Waals surface area (Å²) in [6.45, 7) is -0.209. The summed E-state index contributed by atoms with van der Waals surface area (Å²) in [7, 11) is 1.54. The summed E-state index contributed by atoms with van der Waals surface area (Å²) in [5.41, 5.74) is 1.93. The van der Waals surface area contributed by atoms with Crippen LogP contribution in [0.3, 0.4) is 0 Å². The SMILES string of the molecule is COc1ccc(NC(=O)/C=C/c2ccc(-c3ccc(F)cc3)o2)cc1-c1ccc(CO)o1. The third-order valence-corrected chi connectivity index (χ3v) is 4.70. The van der Waals surface area contributed by atoms with Gasteiger partial charge in [0.2, 0.25) is 5.91 Å². The fraction of sp³-hybridized carbons (Fsp3) is 0.0800. The maximum absolute atomic E-state index is 13.1. The van der Waals surface area contributed by atoms with Gasteiger partial charge in [0.25, 0.3) is 0 Å². The highest BCUT2D eigenvalue weighted by atomic mass is 19.1. The van der Waals surface area contributed by atoms with E-state index in [2.05, 4.69) is 5.32 Å². The van der Waals surface area contributed by atoms with Crippen LogP contribution in [0.5, 0.6) is 5.75 Å². The van der Waals surface area contributed by atoms with Gasteiger partial charge >= 0.3 is 0 Å². The predicted octanol–water partition coefficient (Wildman–Crippen LogP) is 5.50. The quantitative estimate of drug-likeness (QED) is 0.376. The lowest BCUT2D eigenvalue weighted by atomic mass is 10.1. The number of carbonyl (C=O) groups excluding carboxylic acids is 1. The molecule has 0 aliphatic rings. The minimum absolute atomic E-state index is 0.209. The molecule has 2 aromatic heterocycles. The van der Waals surface area contributed by atoms with E-state index >= 15 is 0 Å². The number of carbonyl (C=O) groups is 1. The minimum atomic E-state index is -0.351. The number of ether oxygens (including phenoxy) is 1. The van der Waals surface area contributed by atoms with Crippen molar-refractivity contribution in [1.29, 1.82) is 0 Å². The number of nitrogens with one attached hydrogen (secondary N) is 1. The lowest BCUT2D eigenvalue weighted by molar-refractivity contribution is -0.111. The zero-order valence-electron chi connectivity index (χ0n) is 17.2. The number of methoxy groups -OCH3 is 1. The van der Waals surface area contributed by atoms with Gasteiger partial charge in [0.1, 0.15) is 41.2 Å². The van der Waals surface area contributed by atoms with E-state index in [0.717, 1.165) is 5.56 Å². The molecule has 0 bridgehead atoms. The molecule has 7 heteroatoms. The third kappa shape index (κ3) is 4.79. The molecule has 0 radical (unpaired) electrons. The second kappa shape index (κ2) is 9.36. The van der Waals surface area contributed by atoms with Crippen LogP contribution in [0.25, 0.3) is 28.7 Å². The van der Waals surface area contributed by atoms with Crippen LogP contribution in [0, 0.1) is 5.82 Å². The van der Waals surface area contributed by atoms with Crippen LogP contribution in [0.2, 0.25) is 0 Å². The molecule has 0 fully saturated rings. The van der Waals surface area contributed by atoms with Crippen molar-refractivity contribution in [3.63, 3.8) is 0 Å². The van der Waals surface area contributed by atoms with Crippen LogP contribution < -0.4 is 10.1 Å². The van der Waals surface area contributed by atoms with Crippen molar-refractivity contribution in [2.24, 2.45) is 0 Å². The molecule has 2 heterocycles. The van der Waals surface area contributed by atoms with Gasteiger partial charge in [0, 0.05) is 17.3 Å². The Kier molecular flexibility index (Phi) is 6.19. The van der Waals surface area contributed by atoms with Gasteiger partial charge in [-0.3, -0.25) is 4.79 Å². The Hall–Kier alpha value is -4.10. The Labute approximate surface area is 183 Å². The molecule has 0 spiro atoms. The van der Waals surface area contributed by atoms with E-state index in [0.29, 0.717) is 40.0 Å². The fourth-order valence-corrected chi connectivity index (χ4v) is 3.14. The van der Waals surface area contributed by atoms with Gasteiger partial charge in [-0.1, -0.05) is 0 Å². The van der Waals surface area contributed by atoms with Gasteiger partial charge in [-0.05, 0) is 72.8 Å². The summed E-state index contributed by atoms with van der Waals surface area (Å²) in [5, 5.41) is 12.0. The van der Waals surface area contributed by atoms with Crippen molar-refractivity contribution < 1.29 is 27.9 Å². The van der Waals surface area contributed by atoms with Gasteiger partial charge in [-0.2, -0.15) is 0 Å². The Morgan fingerprint density at radius 2 is 1.81 bits per heavy atom. The molecular formula is C25H20FNO5. The summed E-state index contributed by atoms with van der Waals surface area (Å²) < 4.78 is 29.7. The van der Waals surface area contributed by atoms with E-state index in [1.54, 1.807) is 67.8 Å². The molecule has 0 saturated heterocycles. The molecule has 6 nitrogen and oxygen atoms in total. The van der Waals surface area contributed by atoms with Gasteiger partial charge < -0.3 is 24.0 Å². The fourth-order valence-electron chi connectivity index (χ4n) is 3.14. The van der Waals surface area contributed by atoms with Crippen LogP contribution in [-0.4, -0.2) is 18.1 Å². The number of amides is 1. The van der Waals surface area contributed by atoms with Crippen molar-refractivity contribution >= 4 is 17.7 Å². The molecule has 0 saturated carbocycles. The smallest absolute Gasteiger partial charge is 0.248 e. The molecule has 4 rings (SSSR count). The van der Waals surface area contributed by atoms with Crippen LogP contribution in [0.1, 0.15) is 11.5 Å².